The van der Waals surface area contributed by atoms with Crippen LogP contribution in [0.3, 0.4) is 0 Å². The van der Waals surface area contributed by atoms with Gasteiger partial charge in [0.2, 0.25) is 11.8 Å². The fourth-order valence-corrected chi connectivity index (χ4v) is 7.37. The fourth-order valence-electron chi connectivity index (χ4n) is 7.14. The van der Waals surface area contributed by atoms with Gasteiger partial charge >= 0.3 is 0 Å². The Morgan fingerprint density at radius 3 is 2.48 bits per heavy atom. The second-order valence-electron chi connectivity index (χ2n) is 11.2. The summed E-state index contributed by atoms with van der Waals surface area (Å²) in [4.78, 5) is 47.7. The van der Waals surface area contributed by atoms with Gasteiger partial charge in [-0.25, -0.2) is 0 Å². The minimum Gasteiger partial charge on any atom is -0.396 e. The summed E-state index contributed by atoms with van der Waals surface area (Å²) in [6, 6.07) is 6.24. The average molecular weight is 572 g/mol. The molecular formula is C31H42ClN3O5. The van der Waals surface area contributed by atoms with E-state index in [2.05, 4.69) is 13.2 Å². The molecule has 1 N–H and O–H groups in total. The Kier molecular flexibility index (Phi) is 9.43. The van der Waals surface area contributed by atoms with Gasteiger partial charge in [0.15, 0.2) is 0 Å². The lowest BCUT2D eigenvalue weighted by atomic mass is 9.64. The summed E-state index contributed by atoms with van der Waals surface area (Å²) in [6.07, 6.45) is 8.02. The quantitative estimate of drug-likeness (QED) is 0.267. The minimum absolute atomic E-state index is 0.123. The smallest absolute Gasteiger partial charge is 0.253 e. The highest BCUT2D eigenvalue weighted by Gasteiger charge is 2.78. The summed E-state index contributed by atoms with van der Waals surface area (Å²) in [5.41, 5.74) is -1.36. The number of halogens is 1. The summed E-state index contributed by atoms with van der Waals surface area (Å²) < 4.78 is 6.88. The van der Waals surface area contributed by atoms with Crippen LogP contribution in [-0.4, -0.2) is 83.2 Å². The van der Waals surface area contributed by atoms with Crippen LogP contribution >= 0.6 is 11.6 Å². The van der Waals surface area contributed by atoms with E-state index >= 15 is 0 Å². The highest BCUT2D eigenvalue weighted by atomic mass is 35.5. The molecule has 0 aliphatic carbocycles. The summed E-state index contributed by atoms with van der Waals surface area (Å²) >= 11 is 6.55. The highest BCUT2D eigenvalue weighted by Crippen LogP contribution is 2.64. The van der Waals surface area contributed by atoms with Crippen LogP contribution in [-0.2, 0) is 19.1 Å². The summed E-state index contributed by atoms with van der Waals surface area (Å²) in [7, 11) is 1.72. The van der Waals surface area contributed by atoms with Gasteiger partial charge in [-0.05, 0) is 44.2 Å². The van der Waals surface area contributed by atoms with Gasteiger partial charge in [0.25, 0.3) is 5.91 Å². The third kappa shape index (κ3) is 4.99. The SMILES string of the molecule is C=CCN(C)C(=O)[C@@H]1[C@H]2C(=O)N(CCCCCCO)C(C(=O)N(CC=C)c3ccccc3Cl)C23CC[C@@]1(CC)O3. The van der Waals surface area contributed by atoms with Gasteiger partial charge in [-0.15, -0.1) is 13.2 Å². The first-order valence-electron chi connectivity index (χ1n) is 14.4. The van der Waals surface area contributed by atoms with Gasteiger partial charge in [-0.2, -0.15) is 0 Å². The van der Waals surface area contributed by atoms with E-state index in [0.29, 0.717) is 55.9 Å². The van der Waals surface area contributed by atoms with Crippen molar-refractivity contribution in [3.8, 4) is 0 Å². The van der Waals surface area contributed by atoms with Gasteiger partial charge in [0.05, 0.1) is 28.1 Å². The number of fused-ring (bicyclic) bond motifs is 1. The lowest BCUT2D eigenvalue weighted by molar-refractivity contribution is -0.150. The molecule has 2 bridgehead atoms. The number of ether oxygens (including phenoxy) is 1. The molecule has 218 valence electrons. The molecule has 8 nitrogen and oxygen atoms in total. The molecule has 9 heteroatoms. The summed E-state index contributed by atoms with van der Waals surface area (Å²) in [5, 5.41) is 9.60. The number of hydrogen-bond acceptors (Lipinski definition) is 5. The van der Waals surface area contributed by atoms with E-state index in [-0.39, 0.29) is 30.9 Å². The Morgan fingerprint density at radius 1 is 1.12 bits per heavy atom. The van der Waals surface area contributed by atoms with Gasteiger partial charge in [-0.3, -0.25) is 14.4 Å². The van der Waals surface area contributed by atoms with Crippen LogP contribution in [0.1, 0.15) is 51.9 Å². The largest absolute Gasteiger partial charge is 0.396 e. The second-order valence-corrected chi connectivity index (χ2v) is 11.6. The van der Waals surface area contributed by atoms with E-state index < -0.39 is 29.1 Å². The molecule has 3 amide bonds. The maximum absolute atomic E-state index is 14.6. The van der Waals surface area contributed by atoms with Crippen LogP contribution in [0.15, 0.2) is 49.6 Å². The second kappa shape index (κ2) is 12.5. The number of aliphatic hydroxyl groups is 1. The van der Waals surface area contributed by atoms with Crippen molar-refractivity contribution in [2.75, 3.05) is 38.2 Å². The number of likely N-dealkylation sites (tertiary alicyclic amines) is 1. The molecule has 4 rings (SSSR count). The van der Waals surface area contributed by atoms with Crippen molar-refractivity contribution in [3.63, 3.8) is 0 Å². The van der Waals surface area contributed by atoms with Crippen LogP contribution in [0, 0.1) is 11.8 Å². The first-order chi connectivity index (χ1) is 19.2. The van der Waals surface area contributed by atoms with Crippen LogP contribution in [0.5, 0.6) is 0 Å². The topological polar surface area (TPSA) is 90.4 Å². The number of nitrogens with zero attached hydrogens (tertiary/aromatic N) is 3. The Balaban J connectivity index is 1.78. The lowest BCUT2D eigenvalue weighted by Crippen LogP contribution is -2.56. The van der Waals surface area contributed by atoms with E-state index in [4.69, 9.17) is 16.3 Å². The van der Waals surface area contributed by atoms with Gasteiger partial charge in [-0.1, -0.05) is 55.7 Å². The summed E-state index contributed by atoms with van der Waals surface area (Å²) in [6.45, 7) is 10.7. The van der Waals surface area contributed by atoms with Crippen molar-refractivity contribution in [2.24, 2.45) is 11.8 Å². The van der Waals surface area contributed by atoms with Crippen LogP contribution < -0.4 is 4.90 Å². The molecule has 3 fully saturated rings. The number of benzene rings is 1. The van der Waals surface area contributed by atoms with Crippen molar-refractivity contribution in [3.05, 3.63) is 54.6 Å². The predicted molar refractivity (Wildman–Crippen MR) is 156 cm³/mol. The predicted octanol–water partition coefficient (Wildman–Crippen LogP) is 4.21. The zero-order valence-electron chi connectivity index (χ0n) is 23.7. The Morgan fingerprint density at radius 2 is 1.82 bits per heavy atom. The monoisotopic (exact) mass is 571 g/mol. The molecule has 3 saturated heterocycles. The molecule has 3 aliphatic rings. The molecule has 0 radical (unpaired) electrons. The Bertz CT molecular complexity index is 1140. The number of rotatable bonds is 14. The van der Waals surface area contributed by atoms with E-state index in [1.165, 1.54) is 0 Å². The third-order valence-corrected chi connectivity index (χ3v) is 9.31. The molecule has 1 aromatic carbocycles. The van der Waals surface area contributed by atoms with E-state index in [1.54, 1.807) is 52.1 Å². The molecule has 3 heterocycles. The number of unbranched alkanes of at least 4 members (excludes halogenated alkanes) is 3. The van der Waals surface area contributed by atoms with E-state index in [0.717, 1.165) is 12.8 Å². The normalized spacial score (nSPS) is 28.4. The van der Waals surface area contributed by atoms with E-state index in [9.17, 15) is 19.5 Å². The average Bonchev–Trinajstić information content (AvgIpc) is 3.55. The molecule has 5 atom stereocenters. The van der Waals surface area contributed by atoms with Crippen molar-refractivity contribution >= 4 is 35.0 Å². The maximum atomic E-state index is 14.6. The van der Waals surface area contributed by atoms with Gasteiger partial charge in [0.1, 0.15) is 11.6 Å². The number of anilines is 1. The van der Waals surface area contributed by atoms with Crippen molar-refractivity contribution < 1.29 is 24.2 Å². The number of hydrogen-bond donors (Lipinski definition) is 1. The summed E-state index contributed by atoms with van der Waals surface area (Å²) in [5.74, 6) is -2.04. The number of amides is 3. The van der Waals surface area contributed by atoms with Crippen LogP contribution in [0.4, 0.5) is 5.69 Å². The van der Waals surface area contributed by atoms with Gasteiger partial charge < -0.3 is 24.5 Å². The third-order valence-electron chi connectivity index (χ3n) is 8.99. The van der Waals surface area contributed by atoms with Crippen molar-refractivity contribution in [2.45, 2.75) is 69.1 Å². The minimum atomic E-state index is -1.11. The Labute approximate surface area is 242 Å². The number of carbonyl (C=O) groups is 3. The zero-order valence-corrected chi connectivity index (χ0v) is 24.4. The molecule has 3 aliphatic heterocycles. The Hall–Kier alpha value is -2.68. The molecule has 1 aromatic rings. The molecule has 1 spiro atoms. The van der Waals surface area contributed by atoms with Crippen molar-refractivity contribution in [1.29, 1.82) is 0 Å². The zero-order chi connectivity index (χ0) is 29.1. The fraction of sp³-hybridized carbons (Fsp3) is 0.581. The number of carbonyl (C=O) groups excluding carboxylic acids is 3. The molecule has 2 unspecified atom stereocenters. The highest BCUT2D eigenvalue weighted by molar-refractivity contribution is 6.34. The number of aliphatic hydroxyl groups excluding tert-OH is 1. The first kappa shape index (κ1) is 30.3. The van der Waals surface area contributed by atoms with E-state index in [1.807, 2.05) is 13.0 Å². The van der Waals surface area contributed by atoms with Gasteiger partial charge in [0, 0.05) is 33.3 Å². The maximum Gasteiger partial charge on any atom is 0.253 e. The molecule has 0 aromatic heterocycles. The molecule has 0 saturated carbocycles. The number of likely N-dealkylation sites (N-methyl/N-ethyl adjacent to an activating group) is 1. The molecule has 40 heavy (non-hydrogen) atoms. The lowest BCUT2D eigenvalue weighted by Gasteiger charge is -2.37. The first-order valence-corrected chi connectivity index (χ1v) is 14.7. The van der Waals surface area contributed by atoms with Crippen molar-refractivity contribution in [1.82, 2.24) is 9.80 Å². The number of para-hydroxylation sites is 1. The van der Waals surface area contributed by atoms with Crippen LogP contribution in [0.2, 0.25) is 5.02 Å². The molecular weight excluding hydrogens is 530 g/mol. The van der Waals surface area contributed by atoms with Crippen LogP contribution in [0.25, 0.3) is 0 Å². The standard InChI is InChI=1S/C31H42ClN3O5/c1-5-18-33(4)27(37)24-25-28(38)35(20-12-8-9-13-21-36)26(31(25)17-16-30(24,7-3)40-31)29(39)34(19-6-2)23-15-11-10-14-22(23)32/h5-6,10-11,14-15,24-26,36H,1-2,7-9,12-13,16-21H2,3-4H3/t24-,25-,26?,30+,31?/m0/s1.